The van der Waals surface area contributed by atoms with Crippen LogP contribution in [0.1, 0.15) is 23.0 Å². The van der Waals surface area contributed by atoms with Crippen LogP contribution < -0.4 is 9.47 Å². The molecule has 0 saturated carbocycles. The first-order valence-corrected chi connectivity index (χ1v) is 8.39. The fourth-order valence-electron chi connectivity index (χ4n) is 1.72. The molecule has 0 spiro atoms. The second kappa shape index (κ2) is 8.04. The molecule has 9 heteroatoms. The van der Waals surface area contributed by atoms with Crippen LogP contribution in [0.25, 0.3) is 0 Å². The van der Waals surface area contributed by atoms with E-state index < -0.39 is 5.97 Å². The first kappa shape index (κ1) is 18.8. The van der Waals surface area contributed by atoms with Crippen LogP contribution in [0.2, 0.25) is 15.1 Å². The Balaban J connectivity index is 2.43. The number of hydrogen-bond donors (Lipinski definition) is 0. The van der Waals surface area contributed by atoms with Gasteiger partial charge in [0.1, 0.15) is 0 Å². The summed E-state index contributed by atoms with van der Waals surface area (Å²) in [6, 6.07) is 4.94. The SMILES string of the molecule is CCOc1cc(C#N)cc(Br)c1OC(=O)c1ncc(Cl)c(Cl)c1Cl. The molecular formula is C15H8BrCl3N2O3. The van der Waals surface area contributed by atoms with Crippen molar-refractivity contribution >= 4 is 56.7 Å². The lowest BCUT2D eigenvalue weighted by atomic mass is 10.2. The third-order valence-corrected chi connectivity index (χ3v) is 4.57. The van der Waals surface area contributed by atoms with E-state index in [-0.39, 0.29) is 32.3 Å². The quantitative estimate of drug-likeness (QED) is 0.467. The third-order valence-electron chi connectivity index (χ3n) is 2.74. The van der Waals surface area contributed by atoms with Crippen molar-refractivity contribution in [2.24, 2.45) is 0 Å². The first-order valence-electron chi connectivity index (χ1n) is 6.47. The highest BCUT2D eigenvalue weighted by Crippen LogP contribution is 2.38. The molecule has 0 aliphatic heterocycles. The molecule has 0 aliphatic rings. The smallest absolute Gasteiger partial charge is 0.364 e. The minimum Gasteiger partial charge on any atom is -0.490 e. The number of carbonyl (C=O) groups is 1. The van der Waals surface area contributed by atoms with Gasteiger partial charge < -0.3 is 9.47 Å². The van der Waals surface area contributed by atoms with Gasteiger partial charge in [-0.15, -0.1) is 0 Å². The highest BCUT2D eigenvalue weighted by atomic mass is 79.9. The van der Waals surface area contributed by atoms with E-state index in [4.69, 9.17) is 49.5 Å². The van der Waals surface area contributed by atoms with Gasteiger partial charge in [-0.2, -0.15) is 5.26 Å². The largest absolute Gasteiger partial charge is 0.490 e. The Hall–Kier alpha value is -1.52. The number of esters is 1. The molecule has 0 bridgehead atoms. The molecule has 2 aromatic rings. The van der Waals surface area contributed by atoms with Crippen LogP contribution in [0.5, 0.6) is 11.5 Å². The maximum atomic E-state index is 12.3. The van der Waals surface area contributed by atoms with Crippen molar-refractivity contribution in [3.05, 3.63) is 49.1 Å². The normalized spacial score (nSPS) is 10.2. The van der Waals surface area contributed by atoms with E-state index in [0.29, 0.717) is 16.6 Å². The molecular weight excluding hydrogens is 442 g/mol. The van der Waals surface area contributed by atoms with Gasteiger partial charge in [0.05, 0.1) is 37.8 Å². The molecule has 0 amide bonds. The van der Waals surface area contributed by atoms with Crippen molar-refractivity contribution in [2.75, 3.05) is 6.61 Å². The van der Waals surface area contributed by atoms with Gasteiger partial charge in [0, 0.05) is 12.3 Å². The third kappa shape index (κ3) is 3.93. The summed E-state index contributed by atoms with van der Waals surface area (Å²) in [6.07, 6.45) is 1.20. The van der Waals surface area contributed by atoms with Crippen molar-refractivity contribution in [1.29, 1.82) is 5.26 Å². The summed E-state index contributed by atoms with van der Waals surface area (Å²) in [5.74, 6) is -0.511. The summed E-state index contributed by atoms with van der Waals surface area (Å²) in [5.41, 5.74) is 0.153. The van der Waals surface area contributed by atoms with Gasteiger partial charge in [0.15, 0.2) is 17.2 Å². The minimum atomic E-state index is -0.843. The molecule has 0 atom stereocenters. The molecule has 0 unspecified atom stereocenters. The maximum absolute atomic E-state index is 12.3. The molecule has 0 N–H and O–H groups in total. The van der Waals surface area contributed by atoms with Crippen molar-refractivity contribution in [2.45, 2.75) is 6.92 Å². The Morgan fingerprint density at radius 2 is 2.04 bits per heavy atom. The highest BCUT2D eigenvalue weighted by Gasteiger charge is 2.22. The molecule has 1 heterocycles. The Morgan fingerprint density at radius 3 is 2.67 bits per heavy atom. The van der Waals surface area contributed by atoms with Gasteiger partial charge >= 0.3 is 5.97 Å². The fraction of sp³-hybridized carbons (Fsp3) is 0.133. The number of pyridine rings is 1. The van der Waals surface area contributed by atoms with Crippen molar-refractivity contribution in [1.82, 2.24) is 4.98 Å². The van der Waals surface area contributed by atoms with E-state index in [9.17, 15) is 4.79 Å². The number of ether oxygens (including phenoxy) is 2. The van der Waals surface area contributed by atoms with Crippen LogP contribution >= 0.6 is 50.7 Å². The van der Waals surface area contributed by atoms with E-state index in [1.54, 1.807) is 6.92 Å². The summed E-state index contributed by atoms with van der Waals surface area (Å²) < 4.78 is 11.1. The molecule has 0 fully saturated rings. The van der Waals surface area contributed by atoms with Crippen LogP contribution in [0.3, 0.4) is 0 Å². The number of aromatic nitrogens is 1. The maximum Gasteiger partial charge on any atom is 0.364 e. The molecule has 0 radical (unpaired) electrons. The van der Waals surface area contributed by atoms with Gasteiger partial charge in [0.2, 0.25) is 0 Å². The van der Waals surface area contributed by atoms with Crippen LogP contribution in [0.4, 0.5) is 0 Å². The number of rotatable bonds is 4. The monoisotopic (exact) mass is 448 g/mol. The summed E-state index contributed by atoms with van der Waals surface area (Å²) in [7, 11) is 0. The lowest BCUT2D eigenvalue weighted by Crippen LogP contribution is -2.13. The van der Waals surface area contributed by atoms with Crippen LogP contribution in [-0.4, -0.2) is 17.6 Å². The summed E-state index contributed by atoms with van der Waals surface area (Å²) in [4.78, 5) is 16.2. The minimum absolute atomic E-state index is 0.00390. The Labute approximate surface area is 161 Å². The Kier molecular flexibility index (Phi) is 6.30. The van der Waals surface area contributed by atoms with E-state index in [2.05, 4.69) is 20.9 Å². The zero-order valence-corrected chi connectivity index (χ0v) is 15.9. The number of halogens is 4. The number of nitrogens with zero attached hydrogens (tertiary/aromatic N) is 2. The zero-order valence-electron chi connectivity index (χ0n) is 12.1. The molecule has 0 saturated heterocycles. The van der Waals surface area contributed by atoms with Gasteiger partial charge in [-0.25, -0.2) is 9.78 Å². The molecule has 1 aromatic heterocycles. The Bertz CT molecular complexity index is 853. The second-order valence-corrected chi connectivity index (χ2v) is 6.32. The molecule has 124 valence electrons. The number of hydrogen-bond acceptors (Lipinski definition) is 5. The van der Waals surface area contributed by atoms with Gasteiger partial charge in [0.25, 0.3) is 0 Å². The van der Waals surface area contributed by atoms with Crippen molar-refractivity contribution < 1.29 is 14.3 Å². The predicted molar refractivity (Wildman–Crippen MR) is 94.3 cm³/mol. The van der Waals surface area contributed by atoms with E-state index in [1.165, 1.54) is 18.3 Å². The first-order chi connectivity index (χ1) is 11.4. The summed E-state index contributed by atoms with van der Waals surface area (Å²) in [6.45, 7) is 2.08. The molecule has 1 aromatic carbocycles. The van der Waals surface area contributed by atoms with Crippen LogP contribution in [0, 0.1) is 11.3 Å². The average molecular weight is 451 g/mol. The lowest BCUT2D eigenvalue weighted by molar-refractivity contribution is 0.0721. The summed E-state index contributed by atoms with van der Waals surface area (Å²) in [5, 5.41) is 9.02. The second-order valence-electron chi connectivity index (χ2n) is 4.30. The lowest BCUT2D eigenvalue weighted by Gasteiger charge is -2.13. The fourth-order valence-corrected chi connectivity index (χ4v) is 2.80. The van der Waals surface area contributed by atoms with Crippen molar-refractivity contribution in [3.63, 3.8) is 0 Å². The van der Waals surface area contributed by atoms with Crippen LogP contribution in [-0.2, 0) is 0 Å². The van der Waals surface area contributed by atoms with E-state index in [0.717, 1.165) is 0 Å². The number of benzene rings is 1. The van der Waals surface area contributed by atoms with E-state index >= 15 is 0 Å². The van der Waals surface area contributed by atoms with Gasteiger partial charge in [-0.1, -0.05) is 34.8 Å². The summed E-state index contributed by atoms with van der Waals surface area (Å²) >= 11 is 20.9. The predicted octanol–water partition coefficient (Wildman–Crippen LogP) is 5.29. The number of nitriles is 1. The van der Waals surface area contributed by atoms with Gasteiger partial charge in [-0.05, 0) is 28.9 Å². The van der Waals surface area contributed by atoms with Gasteiger partial charge in [-0.3, -0.25) is 0 Å². The molecule has 24 heavy (non-hydrogen) atoms. The van der Waals surface area contributed by atoms with Crippen LogP contribution in [0.15, 0.2) is 22.8 Å². The zero-order chi connectivity index (χ0) is 17.9. The van der Waals surface area contributed by atoms with E-state index in [1.807, 2.05) is 6.07 Å². The molecule has 2 rings (SSSR count). The Morgan fingerprint density at radius 1 is 1.33 bits per heavy atom. The molecule has 0 aliphatic carbocycles. The topological polar surface area (TPSA) is 72.2 Å². The molecule has 5 nitrogen and oxygen atoms in total. The average Bonchev–Trinajstić information content (AvgIpc) is 2.55. The van der Waals surface area contributed by atoms with Crippen molar-refractivity contribution in [3.8, 4) is 17.6 Å². The highest BCUT2D eigenvalue weighted by molar-refractivity contribution is 9.10. The number of carbonyl (C=O) groups excluding carboxylic acids is 1. The standard InChI is InChI=1S/C15H8BrCl3N2O3/c1-2-23-10-4-7(5-20)3-8(16)14(10)24-15(22)13-12(19)11(18)9(17)6-21-13/h3-4,6H,2H2,1H3.